The second kappa shape index (κ2) is 10.7. The van der Waals surface area contributed by atoms with E-state index in [2.05, 4.69) is 68.4 Å². The molecule has 1 saturated heterocycles. The molecule has 8 heteroatoms. The van der Waals surface area contributed by atoms with Crippen LogP contribution in [0.5, 0.6) is 0 Å². The number of aromatic nitrogens is 2. The predicted molar refractivity (Wildman–Crippen MR) is 143 cm³/mol. The number of fused-ring (bicyclic) bond motifs is 2. The second-order valence-corrected chi connectivity index (χ2v) is 9.97. The van der Waals surface area contributed by atoms with E-state index in [1.807, 2.05) is 6.07 Å². The zero-order valence-corrected chi connectivity index (χ0v) is 20.9. The number of carbonyl (C=O) groups excluding carboxylic acids is 2. The van der Waals surface area contributed by atoms with Crippen molar-refractivity contribution in [2.75, 3.05) is 6.54 Å². The Morgan fingerprint density at radius 2 is 2.00 bits per heavy atom. The molecule has 0 bridgehead atoms. The maximum absolute atomic E-state index is 12.8. The molecule has 5 rings (SSSR count). The van der Waals surface area contributed by atoms with Crippen LogP contribution in [0.2, 0.25) is 5.02 Å². The van der Waals surface area contributed by atoms with Crippen molar-refractivity contribution in [2.24, 2.45) is 5.92 Å². The molecule has 1 fully saturated rings. The summed E-state index contributed by atoms with van der Waals surface area (Å²) in [6, 6.07) is 15.9. The Kier molecular flexibility index (Phi) is 7.20. The van der Waals surface area contributed by atoms with Gasteiger partial charge in [-0.2, -0.15) is 0 Å². The molecule has 1 aliphatic heterocycles. The molecule has 4 aromatic rings. The zero-order valence-electron chi connectivity index (χ0n) is 20.2. The predicted octanol–water partition coefficient (Wildman–Crippen LogP) is 4.10. The molecule has 0 unspecified atom stereocenters. The van der Waals surface area contributed by atoms with Gasteiger partial charge in [-0.05, 0) is 66.6 Å². The Morgan fingerprint density at radius 1 is 1.17 bits per heavy atom. The van der Waals surface area contributed by atoms with Gasteiger partial charge < -0.3 is 20.9 Å². The average molecular weight is 504 g/mol. The molecule has 1 aliphatic rings. The minimum absolute atomic E-state index is 0.132. The number of pyridine rings is 1. The van der Waals surface area contributed by atoms with E-state index in [1.165, 1.54) is 16.3 Å². The molecule has 0 radical (unpaired) electrons. The highest BCUT2D eigenvalue weighted by molar-refractivity contribution is 6.35. The number of aryl methyl sites for hydroxylation is 1. The van der Waals surface area contributed by atoms with Crippen LogP contribution in [-0.2, 0) is 22.6 Å². The van der Waals surface area contributed by atoms with Crippen LogP contribution in [0.1, 0.15) is 30.9 Å². The van der Waals surface area contributed by atoms with E-state index in [0.29, 0.717) is 23.1 Å². The van der Waals surface area contributed by atoms with Gasteiger partial charge in [-0.15, -0.1) is 0 Å². The molecule has 0 spiro atoms. The minimum Gasteiger partial charge on any atom is -0.350 e. The van der Waals surface area contributed by atoms with E-state index < -0.39 is 6.04 Å². The number of carbonyl (C=O) groups is 2. The summed E-state index contributed by atoms with van der Waals surface area (Å²) in [6.45, 7) is 2.81. The summed E-state index contributed by atoms with van der Waals surface area (Å²) in [5, 5.41) is 13.0. The van der Waals surface area contributed by atoms with Gasteiger partial charge in [0.1, 0.15) is 11.7 Å². The number of aromatic amines is 1. The molecule has 2 amide bonds. The first-order chi connectivity index (χ1) is 17.5. The van der Waals surface area contributed by atoms with Gasteiger partial charge in [0, 0.05) is 24.3 Å². The van der Waals surface area contributed by atoms with Crippen molar-refractivity contribution in [1.82, 2.24) is 25.9 Å². The Balaban J connectivity index is 1.08. The molecular weight excluding hydrogens is 474 g/mol. The lowest BCUT2D eigenvalue weighted by Gasteiger charge is -2.17. The quantitative estimate of drug-likeness (QED) is 0.291. The van der Waals surface area contributed by atoms with Crippen LogP contribution in [0.25, 0.3) is 21.8 Å². The van der Waals surface area contributed by atoms with Crippen LogP contribution in [0.3, 0.4) is 0 Å². The van der Waals surface area contributed by atoms with Crippen molar-refractivity contribution >= 4 is 45.2 Å². The number of H-pyrrole nitrogens is 1. The van der Waals surface area contributed by atoms with Crippen LogP contribution in [0.15, 0.2) is 60.9 Å². The van der Waals surface area contributed by atoms with E-state index in [1.54, 1.807) is 19.3 Å². The Morgan fingerprint density at radius 3 is 2.89 bits per heavy atom. The second-order valence-electron chi connectivity index (χ2n) is 9.56. The summed E-state index contributed by atoms with van der Waals surface area (Å²) in [5.74, 6) is 0.0492. The summed E-state index contributed by atoms with van der Waals surface area (Å²) in [7, 11) is 0. The lowest BCUT2D eigenvalue weighted by molar-refractivity contribution is -0.129. The molecule has 3 atom stereocenters. The first-order valence-corrected chi connectivity index (χ1v) is 12.8. The van der Waals surface area contributed by atoms with Gasteiger partial charge in [0.15, 0.2) is 0 Å². The number of hydrogen-bond donors (Lipinski definition) is 4. The third-order valence-electron chi connectivity index (χ3n) is 7.00. The van der Waals surface area contributed by atoms with E-state index in [0.717, 1.165) is 36.8 Å². The summed E-state index contributed by atoms with van der Waals surface area (Å²) >= 11 is 6.15. The summed E-state index contributed by atoms with van der Waals surface area (Å²) in [5.41, 5.74) is 2.89. The van der Waals surface area contributed by atoms with Crippen molar-refractivity contribution in [3.8, 4) is 0 Å². The molecule has 4 N–H and O–H groups in total. The molecular formula is C28H30ClN5O2. The fourth-order valence-electron chi connectivity index (χ4n) is 4.93. The number of hydrogen-bond acceptors (Lipinski definition) is 4. The SMILES string of the molecule is C[C@H](NC(=O)[C@H]1C[C@H](CCc2cccc3ccccc23)CN1)C(=O)NCc1cnc2[nH]cc(Cl)c2c1. The van der Waals surface area contributed by atoms with Gasteiger partial charge in [0.2, 0.25) is 11.8 Å². The maximum atomic E-state index is 12.8. The monoisotopic (exact) mass is 503 g/mol. The third kappa shape index (κ3) is 5.37. The molecule has 0 saturated carbocycles. The number of nitrogens with one attached hydrogen (secondary N) is 4. The molecule has 186 valence electrons. The fourth-order valence-corrected chi connectivity index (χ4v) is 5.13. The molecule has 3 heterocycles. The largest absolute Gasteiger partial charge is 0.350 e. The van der Waals surface area contributed by atoms with Crippen LogP contribution >= 0.6 is 11.6 Å². The Labute approximate surface area is 215 Å². The molecule has 2 aromatic carbocycles. The number of amides is 2. The Bertz CT molecular complexity index is 1400. The molecule has 0 aliphatic carbocycles. The van der Waals surface area contributed by atoms with Crippen LogP contribution < -0.4 is 16.0 Å². The highest BCUT2D eigenvalue weighted by atomic mass is 35.5. The average Bonchev–Trinajstić information content (AvgIpc) is 3.52. The molecule has 36 heavy (non-hydrogen) atoms. The summed E-state index contributed by atoms with van der Waals surface area (Å²) in [4.78, 5) is 32.7. The van der Waals surface area contributed by atoms with E-state index >= 15 is 0 Å². The Hall–Kier alpha value is -3.42. The van der Waals surface area contributed by atoms with E-state index in [-0.39, 0.29) is 17.9 Å². The smallest absolute Gasteiger partial charge is 0.242 e. The standard InChI is InChI=1S/C28H30ClN5O2/c1-17(27(35)33-15-19-11-23-24(29)16-32-26(23)31-14-19)34-28(36)25-12-18(13-30-25)9-10-21-7-4-6-20-5-2-3-8-22(20)21/h2-8,11,14,16-18,25,30H,9-10,12-13,15H2,1H3,(H,31,32)(H,33,35)(H,34,36)/t17-,18-,25+/m0/s1. The minimum atomic E-state index is -0.637. The van der Waals surface area contributed by atoms with Gasteiger partial charge in [0.25, 0.3) is 0 Å². The fraction of sp³-hybridized carbons (Fsp3) is 0.321. The van der Waals surface area contributed by atoms with Crippen molar-refractivity contribution in [1.29, 1.82) is 0 Å². The van der Waals surface area contributed by atoms with Crippen LogP contribution in [-0.4, -0.2) is 40.4 Å². The normalized spacial score (nSPS) is 18.4. The highest BCUT2D eigenvalue weighted by Gasteiger charge is 2.30. The lowest BCUT2D eigenvalue weighted by atomic mass is 9.94. The van der Waals surface area contributed by atoms with Gasteiger partial charge in [0.05, 0.1) is 11.1 Å². The van der Waals surface area contributed by atoms with Crippen LogP contribution in [0, 0.1) is 5.92 Å². The first-order valence-electron chi connectivity index (χ1n) is 12.4. The zero-order chi connectivity index (χ0) is 25.1. The van der Waals surface area contributed by atoms with E-state index in [4.69, 9.17) is 11.6 Å². The number of rotatable bonds is 8. The molecule has 7 nitrogen and oxygen atoms in total. The van der Waals surface area contributed by atoms with Crippen molar-refractivity contribution in [3.63, 3.8) is 0 Å². The number of benzene rings is 2. The number of halogens is 1. The summed E-state index contributed by atoms with van der Waals surface area (Å²) in [6.07, 6.45) is 6.15. The lowest BCUT2D eigenvalue weighted by Crippen LogP contribution is -2.49. The highest BCUT2D eigenvalue weighted by Crippen LogP contribution is 2.25. The van der Waals surface area contributed by atoms with E-state index in [9.17, 15) is 9.59 Å². The van der Waals surface area contributed by atoms with Crippen molar-refractivity contribution in [3.05, 3.63) is 77.1 Å². The van der Waals surface area contributed by atoms with Crippen molar-refractivity contribution in [2.45, 2.75) is 44.8 Å². The molecule has 2 aromatic heterocycles. The third-order valence-corrected chi connectivity index (χ3v) is 7.31. The topological polar surface area (TPSA) is 98.9 Å². The first kappa shape index (κ1) is 24.3. The maximum Gasteiger partial charge on any atom is 0.242 e. The van der Waals surface area contributed by atoms with Crippen LogP contribution in [0.4, 0.5) is 0 Å². The van der Waals surface area contributed by atoms with Gasteiger partial charge >= 0.3 is 0 Å². The number of nitrogens with zero attached hydrogens (tertiary/aromatic N) is 1. The summed E-state index contributed by atoms with van der Waals surface area (Å²) < 4.78 is 0. The van der Waals surface area contributed by atoms with Gasteiger partial charge in [-0.3, -0.25) is 9.59 Å². The van der Waals surface area contributed by atoms with Gasteiger partial charge in [-0.25, -0.2) is 4.98 Å². The van der Waals surface area contributed by atoms with Gasteiger partial charge in [-0.1, -0.05) is 54.1 Å². The van der Waals surface area contributed by atoms with Crippen molar-refractivity contribution < 1.29 is 9.59 Å².